The van der Waals surface area contributed by atoms with Crippen LogP contribution in [0.3, 0.4) is 0 Å². The highest BCUT2D eigenvalue weighted by molar-refractivity contribution is 6.35. The van der Waals surface area contributed by atoms with Crippen LogP contribution in [0.1, 0.15) is 60.2 Å². The highest BCUT2D eigenvalue weighted by Gasteiger charge is 2.38. The van der Waals surface area contributed by atoms with Gasteiger partial charge in [-0.3, -0.25) is 14.4 Å². The lowest BCUT2D eigenvalue weighted by atomic mass is 9.99. The Bertz CT molecular complexity index is 1280. The lowest BCUT2D eigenvalue weighted by Crippen LogP contribution is -2.32. The minimum absolute atomic E-state index is 0.176. The predicted octanol–water partition coefficient (Wildman–Crippen LogP) is 4.36. The number of anilines is 1. The number of nitrogens with one attached hydrogen (secondary N) is 1. The van der Waals surface area contributed by atoms with Gasteiger partial charge in [0.15, 0.2) is 0 Å². The molecule has 2 heterocycles. The summed E-state index contributed by atoms with van der Waals surface area (Å²) >= 11 is 0. The van der Waals surface area contributed by atoms with E-state index >= 15 is 0 Å². The molecule has 3 aromatic carbocycles. The van der Waals surface area contributed by atoms with Gasteiger partial charge < -0.3 is 10.1 Å². The number of amides is 3. The van der Waals surface area contributed by atoms with E-state index in [0.717, 1.165) is 22.4 Å². The van der Waals surface area contributed by atoms with Crippen molar-refractivity contribution in [2.75, 3.05) is 11.5 Å². The zero-order valence-electron chi connectivity index (χ0n) is 17.8. The average Bonchev–Trinajstić information content (AvgIpc) is 3.04. The first-order chi connectivity index (χ1) is 15.4. The third-order valence-corrected chi connectivity index (χ3v) is 6.01. The van der Waals surface area contributed by atoms with Crippen molar-refractivity contribution in [2.24, 2.45) is 0 Å². The summed E-state index contributed by atoms with van der Waals surface area (Å²) < 4.78 is 5.66. The van der Waals surface area contributed by atoms with E-state index in [0.29, 0.717) is 29.8 Å². The van der Waals surface area contributed by atoms with Crippen LogP contribution in [0.2, 0.25) is 0 Å². The van der Waals surface area contributed by atoms with Gasteiger partial charge in [-0.2, -0.15) is 0 Å². The molecule has 0 bridgehead atoms. The second-order valence-electron chi connectivity index (χ2n) is 8.20. The number of hydrogen-bond acceptors (Lipinski definition) is 4. The van der Waals surface area contributed by atoms with Crippen molar-refractivity contribution in [3.8, 4) is 5.75 Å². The number of nitrogens with zero attached hydrogens (tertiary/aromatic N) is 1. The number of aryl methyl sites for hydroxylation is 2. The highest BCUT2D eigenvalue weighted by atomic mass is 16.5. The molecule has 0 saturated heterocycles. The molecule has 0 aromatic heterocycles. The Labute approximate surface area is 185 Å². The number of carbonyl (C=O) groups is 3. The van der Waals surface area contributed by atoms with Gasteiger partial charge in [0.2, 0.25) is 0 Å². The molecule has 0 radical (unpaired) electrons. The Kier molecular flexibility index (Phi) is 4.78. The average molecular weight is 426 g/mol. The van der Waals surface area contributed by atoms with E-state index in [9.17, 15) is 14.4 Å². The van der Waals surface area contributed by atoms with Gasteiger partial charge in [-0.05, 0) is 49.7 Å². The molecule has 0 saturated carbocycles. The van der Waals surface area contributed by atoms with Crippen LogP contribution in [-0.4, -0.2) is 24.3 Å². The molecule has 160 valence electrons. The van der Waals surface area contributed by atoms with Crippen molar-refractivity contribution in [3.63, 3.8) is 0 Å². The molecule has 0 spiro atoms. The second-order valence-corrected chi connectivity index (χ2v) is 8.20. The smallest absolute Gasteiger partial charge is 0.266 e. The molecule has 6 nitrogen and oxygen atoms in total. The van der Waals surface area contributed by atoms with Crippen LogP contribution in [0.25, 0.3) is 0 Å². The summed E-state index contributed by atoms with van der Waals surface area (Å²) in [5.41, 5.74) is 4.29. The van der Waals surface area contributed by atoms with Crippen molar-refractivity contribution in [1.82, 2.24) is 5.32 Å². The van der Waals surface area contributed by atoms with Crippen molar-refractivity contribution < 1.29 is 19.1 Å². The van der Waals surface area contributed by atoms with Crippen LogP contribution >= 0.6 is 0 Å². The number of ether oxygens (including phenoxy) is 1. The Morgan fingerprint density at radius 1 is 0.969 bits per heavy atom. The maximum absolute atomic E-state index is 13.1. The first-order valence-corrected chi connectivity index (χ1v) is 10.6. The van der Waals surface area contributed by atoms with E-state index in [2.05, 4.69) is 5.32 Å². The number of rotatable bonds is 3. The maximum atomic E-state index is 13.1. The van der Waals surface area contributed by atoms with Gasteiger partial charge in [-0.1, -0.05) is 35.9 Å². The summed E-state index contributed by atoms with van der Waals surface area (Å²) in [6.45, 7) is 4.35. The van der Waals surface area contributed by atoms with E-state index in [1.807, 2.05) is 50.2 Å². The van der Waals surface area contributed by atoms with Crippen molar-refractivity contribution in [2.45, 2.75) is 26.3 Å². The van der Waals surface area contributed by atoms with Crippen molar-refractivity contribution in [1.29, 1.82) is 0 Å². The largest absolute Gasteiger partial charge is 0.493 e. The van der Waals surface area contributed by atoms with Gasteiger partial charge in [0.1, 0.15) is 5.75 Å². The lowest BCUT2D eigenvalue weighted by molar-refractivity contribution is 0.0916. The van der Waals surface area contributed by atoms with Gasteiger partial charge in [0.05, 0.1) is 29.5 Å². The summed E-state index contributed by atoms with van der Waals surface area (Å²) in [4.78, 5) is 40.3. The molecule has 1 atom stereocenters. The Morgan fingerprint density at radius 3 is 2.56 bits per heavy atom. The summed E-state index contributed by atoms with van der Waals surface area (Å²) in [5.74, 6) is -0.312. The van der Waals surface area contributed by atoms with E-state index in [4.69, 9.17) is 4.74 Å². The molecule has 0 aliphatic carbocycles. The molecule has 1 unspecified atom stereocenters. The molecular weight excluding hydrogens is 404 g/mol. The van der Waals surface area contributed by atoms with E-state index < -0.39 is 5.91 Å². The summed E-state index contributed by atoms with van der Waals surface area (Å²) in [6, 6.07) is 17.7. The van der Waals surface area contributed by atoms with Gasteiger partial charge in [-0.15, -0.1) is 0 Å². The third kappa shape index (κ3) is 3.24. The number of carbonyl (C=O) groups excluding carboxylic acids is 3. The zero-order chi connectivity index (χ0) is 22.4. The number of benzene rings is 3. The zero-order valence-corrected chi connectivity index (χ0v) is 17.8. The third-order valence-electron chi connectivity index (χ3n) is 6.01. The highest BCUT2D eigenvalue weighted by Crippen LogP contribution is 2.33. The fourth-order valence-corrected chi connectivity index (χ4v) is 4.39. The lowest BCUT2D eigenvalue weighted by Gasteiger charge is -2.26. The van der Waals surface area contributed by atoms with Crippen LogP contribution in [-0.2, 0) is 0 Å². The Balaban J connectivity index is 1.42. The first kappa shape index (κ1) is 20.0. The van der Waals surface area contributed by atoms with Crippen LogP contribution in [0.15, 0.2) is 60.7 Å². The normalized spacial score (nSPS) is 16.9. The molecular formula is C26H22N2O4. The molecule has 2 aliphatic rings. The van der Waals surface area contributed by atoms with Crippen LogP contribution in [0, 0.1) is 13.8 Å². The molecule has 3 amide bonds. The minimum atomic E-state index is -0.414. The van der Waals surface area contributed by atoms with Crippen molar-refractivity contribution in [3.05, 3.63) is 94.0 Å². The molecule has 2 aliphatic heterocycles. The fraction of sp³-hybridized carbons (Fsp3) is 0.192. The quantitative estimate of drug-likeness (QED) is 0.632. The molecule has 5 rings (SSSR count). The monoisotopic (exact) mass is 426 g/mol. The van der Waals surface area contributed by atoms with Gasteiger partial charge in [0.25, 0.3) is 17.7 Å². The summed E-state index contributed by atoms with van der Waals surface area (Å²) in [5, 5.41) is 3.04. The van der Waals surface area contributed by atoms with Gasteiger partial charge in [-0.25, -0.2) is 4.90 Å². The van der Waals surface area contributed by atoms with Crippen LogP contribution in [0.5, 0.6) is 5.75 Å². The number of imide groups is 1. The SMILES string of the molecule is Cc1ccc(N2C(=O)c3ccc(C(=O)NC4CCOc5ccccc54)cc3C2=O)c(C)c1. The minimum Gasteiger partial charge on any atom is -0.493 e. The molecule has 3 aromatic rings. The summed E-state index contributed by atoms with van der Waals surface area (Å²) in [7, 11) is 0. The van der Waals surface area contributed by atoms with Gasteiger partial charge >= 0.3 is 0 Å². The first-order valence-electron chi connectivity index (χ1n) is 10.6. The predicted molar refractivity (Wildman–Crippen MR) is 120 cm³/mol. The second kappa shape index (κ2) is 7.64. The number of fused-ring (bicyclic) bond motifs is 2. The number of hydrogen-bond donors (Lipinski definition) is 1. The molecule has 32 heavy (non-hydrogen) atoms. The Hall–Kier alpha value is -3.93. The van der Waals surface area contributed by atoms with Crippen LogP contribution < -0.4 is 15.0 Å². The van der Waals surface area contributed by atoms with Crippen molar-refractivity contribution >= 4 is 23.4 Å². The van der Waals surface area contributed by atoms with E-state index in [-0.39, 0.29) is 23.4 Å². The van der Waals surface area contributed by atoms with Crippen LogP contribution in [0.4, 0.5) is 5.69 Å². The molecule has 1 N–H and O–H groups in total. The van der Waals surface area contributed by atoms with Gasteiger partial charge in [0, 0.05) is 17.5 Å². The summed E-state index contributed by atoms with van der Waals surface area (Å²) in [6.07, 6.45) is 0.658. The molecule has 0 fully saturated rings. The number of para-hydroxylation sites is 1. The molecule has 6 heteroatoms. The fourth-order valence-electron chi connectivity index (χ4n) is 4.39. The standard InChI is InChI=1S/C26H22N2O4/c1-15-7-10-22(16(2)13-15)28-25(30)18-9-8-17(14-20(18)26(28)31)24(29)27-21-11-12-32-23-6-4-3-5-19(21)23/h3-10,13-14,21H,11-12H2,1-2H3,(H,27,29). The van der Waals surface area contributed by atoms with E-state index in [1.165, 1.54) is 11.0 Å². The van der Waals surface area contributed by atoms with E-state index in [1.54, 1.807) is 18.2 Å². The maximum Gasteiger partial charge on any atom is 0.266 e. The Morgan fingerprint density at radius 2 is 1.75 bits per heavy atom. The topological polar surface area (TPSA) is 75.7 Å².